The molecule has 1 aliphatic rings. The lowest BCUT2D eigenvalue weighted by Gasteiger charge is -2.22. The first-order valence-electron chi connectivity index (χ1n) is 7.18. The summed E-state index contributed by atoms with van der Waals surface area (Å²) in [5.74, 6) is 1.86. The van der Waals surface area contributed by atoms with Crippen LogP contribution in [0, 0.1) is 6.92 Å². The summed E-state index contributed by atoms with van der Waals surface area (Å²) in [7, 11) is 2.00. The van der Waals surface area contributed by atoms with E-state index >= 15 is 0 Å². The standard InChI is InChI=1S/C15H21N5/c1-12-17-18-15(19(12)2)13-4-6-14(7-5-13)20-10-3-8-16-9-11-20/h4-7,16H,3,8-11H2,1-2H3. The summed E-state index contributed by atoms with van der Waals surface area (Å²) in [6, 6.07) is 8.64. The number of anilines is 1. The highest BCUT2D eigenvalue weighted by Gasteiger charge is 2.11. The first-order valence-corrected chi connectivity index (χ1v) is 7.18. The van der Waals surface area contributed by atoms with Gasteiger partial charge in [-0.3, -0.25) is 0 Å². The number of aromatic nitrogens is 3. The van der Waals surface area contributed by atoms with Gasteiger partial charge in [0.05, 0.1) is 0 Å². The van der Waals surface area contributed by atoms with E-state index in [1.165, 1.54) is 12.1 Å². The predicted octanol–water partition coefficient (Wildman–Crippen LogP) is 1.59. The number of hydrogen-bond donors (Lipinski definition) is 1. The fraction of sp³-hybridized carbons (Fsp3) is 0.467. The van der Waals surface area contributed by atoms with Crippen LogP contribution in [0.4, 0.5) is 5.69 Å². The lowest BCUT2D eigenvalue weighted by atomic mass is 10.1. The molecule has 0 radical (unpaired) electrons. The third kappa shape index (κ3) is 2.54. The second-order valence-corrected chi connectivity index (χ2v) is 5.27. The van der Waals surface area contributed by atoms with Gasteiger partial charge in [-0.15, -0.1) is 10.2 Å². The molecule has 5 nitrogen and oxygen atoms in total. The van der Waals surface area contributed by atoms with Gasteiger partial charge < -0.3 is 14.8 Å². The van der Waals surface area contributed by atoms with E-state index in [0.29, 0.717) is 0 Å². The summed E-state index contributed by atoms with van der Waals surface area (Å²) < 4.78 is 2.02. The predicted molar refractivity (Wildman–Crippen MR) is 80.9 cm³/mol. The zero-order valence-electron chi connectivity index (χ0n) is 12.1. The van der Waals surface area contributed by atoms with Crippen LogP contribution in [0.2, 0.25) is 0 Å². The molecule has 1 saturated heterocycles. The molecule has 0 bridgehead atoms. The Hall–Kier alpha value is -1.88. The lowest BCUT2D eigenvalue weighted by molar-refractivity contribution is 0.724. The number of nitrogens with one attached hydrogen (secondary N) is 1. The Bertz CT molecular complexity index is 564. The average molecular weight is 271 g/mol. The van der Waals surface area contributed by atoms with Crippen molar-refractivity contribution in [3.8, 4) is 11.4 Å². The zero-order chi connectivity index (χ0) is 13.9. The van der Waals surface area contributed by atoms with Crippen molar-refractivity contribution in [2.45, 2.75) is 13.3 Å². The molecular weight excluding hydrogens is 250 g/mol. The SMILES string of the molecule is Cc1nnc(-c2ccc(N3CCCNCC3)cc2)n1C. The molecule has 20 heavy (non-hydrogen) atoms. The van der Waals surface area contributed by atoms with Crippen LogP contribution in [0.25, 0.3) is 11.4 Å². The van der Waals surface area contributed by atoms with Crippen molar-refractivity contribution in [2.24, 2.45) is 7.05 Å². The largest absolute Gasteiger partial charge is 0.370 e. The first kappa shape index (κ1) is 13.1. The summed E-state index contributed by atoms with van der Waals surface area (Å²) in [4.78, 5) is 2.44. The van der Waals surface area contributed by atoms with Gasteiger partial charge in [-0.1, -0.05) is 0 Å². The Morgan fingerprint density at radius 2 is 1.85 bits per heavy atom. The maximum absolute atomic E-state index is 4.23. The third-order valence-electron chi connectivity index (χ3n) is 3.92. The van der Waals surface area contributed by atoms with Gasteiger partial charge in [-0.05, 0) is 44.2 Å². The van der Waals surface area contributed by atoms with Crippen LogP contribution in [-0.4, -0.2) is 40.9 Å². The van der Waals surface area contributed by atoms with Crippen molar-refractivity contribution in [3.63, 3.8) is 0 Å². The van der Waals surface area contributed by atoms with E-state index in [-0.39, 0.29) is 0 Å². The normalized spacial score (nSPS) is 16.2. The van der Waals surface area contributed by atoms with Crippen molar-refractivity contribution < 1.29 is 0 Å². The minimum absolute atomic E-state index is 0.923. The number of benzene rings is 1. The molecule has 106 valence electrons. The van der Waals surface area contributed by atoms with E-state index in [9.17, 15) is 0 Å². The van der Waals surface area contributed by atoms with E-state index in [0.717, 1.165) is 43.4 Å². The van der Waals surface area contributed by atoms with E-state index in [2.05, 4.69) is 44.7 Å². The highest BCUT2D eigenvalue weighted by atomic mass is 15.3. The van der Waals surface area contributed by atoms with Gasteiger partial charge in [-0.2, -0.15) is 0 Å². The average Bonchev–Trinajstić information content (AvgIpc) is 2.71. The molecule has 0 unspecified atom stereocenters. The number of hydrogen-bond acceptors (Lipinski definition) is 4. The molecule has 0 aliphatic carbocycles. The van der Waals surface area contributed by atoms with Crippen LogP contribution in [-0.2, 0) is 7.05 Å². The van der Waals surface area contributed by atoms with Crippen molar-refractivity contribution in [1.82, 2.24) is 20.1 Å². The highest BCUT2D eigenvalue weighted by molar-refractivity contribution is 5.60. The molecule has 0 saturated carbocycles. The Morgan fingerprint density at radius 1 is 1.05 bits per heavy atom. The smallest absolute Gasteiger partial charge is 0.163 e. The fourth-order valence-electron chi connectivity index (χ4n) is 2.58. The number of nitrogens with zero attached hydrogens (tertiary/aromatic N) is 4. The molecule has 5 heteroatoms. The monoisotopic (exact) mass is 271 g/mol. The maximum atomic E-state index is 4.23. The Kier molecular flexibility index (Phi) is 3.69. The van der Waals surface area contributed by atoms with Crippen LogP contribution in [0.3, 0.4) is 0 Å². The van der Waals surface area contributed by atoms with Crippen molar-refractivity contribution in [1.29, 1.82) is 0 Å². The van der Waals surface area contributed by atoms with E-state index in [1.807, 2.05) is 18.5 Å². The summed E-state index contributed by atoms with van der Waals surface area (Å²) in [6.45, 7) is 6.34. The van der Waals surface area contributed by atoms with E-state index < -0.39 is 0 Å². The van der Waals surface area contributed by atoms with Gasteiger partial charge in [0.25, 0.3) is 0 Å². The van der Waals surface area contributed by atoms with Crippen LogP contribution in [0.1, 0.15) is 12.2 Å². The van der Waals surface area contributed by atoms with Gasteiger partial charge in [0.15, 0.2) is 5.82 Å². The van der Waals surface area contributed by atoms with Crippen molar-refractivity contribution >= 4 is 5.69 Å². The maximum Gasteiger partial charge on any atom is 0.163 e. The Balaban J connectivity index is 1.82. The molecule has 1 fully saturated rings. The topological polar surface area (TPSA) is 46.0 Å². The molecule has 1 aromatic carbocycles. The molecule has 2 heterocycles. The number of aryl methyl sites for hydroxylation is 1. The molecular formula is C15H21N5. The van der Waals surface area contributed by atoms with Gasteiger partial charge in [0, 0.05) is 37.9 Å². The van der Waals surface area contributed by atoms with Crippen LogP contribution < -0.4 is 10.2 Å². The summed E-state index contributed by atoms with van der Waals surface area (Å²) in [5.41, 5.74) is 2.40. The second-order valence-electron chi connectivity index (χ2n) is 5.27. The lowest BCUT2D eigenvalue weighted by Crippen LogP contribution is -2.27. The van der Waals surface area contributed by atoms with E-state index in [1.54, 1.807) is 0 Å². The second kappa shape index (κ2) is 5.63. The molecule has 0 atom stereocenters. The Morgan fingerprint density at radius 3 is 2.55 bits per heavy atom. The van der Waals surface area contributed by atoms with Gasteiger partial charge in [0.1, 0.15) is 5.82 Å². The van der Waals surface area contributed by atoms with Crippen molar-refractivity contribution in [3.05, 3.63) is 30.1 Å². The zero-order valence-corrected chi connectivity index (χ0v) is 12.1. The molecule has 3 rings (SSSR count). The van der Waals surface area contributed by atoms with Crippen molar-refractivity contribution in [2.75, 3.05) is 31.1 Å². The summed E-state index contributed by atoms with van der Waals surface area (Å²) in [5, 5.41) is 11.8. The minimum atomic E-state index is 0.923. The van der Waals surface area contributed by atoms with E-state index in [4.69, 9.17) is 0 Å². The molecule has 0 amide bonds. The molecule has 1 aliphatic heterocycles. The summed E-state index contributed by atoms with van der Waals surface area (Å²) in [6.07, 6.45) is 1.20. The first-order chi connectivity index (χ1) is 9.75. The quantitative estimate of drug-likeness (QED) is 0.901. The fourth-order valence-corrected chi connectivity index (χ4v) is 2.58. The van der Waals surface area contributed by atoms with Crippen LogP contribution >= 0.6 is 0 Å². The molecule has 2 aromatic rings. The summed E-state index contributed by atoms with van der Waals surface area (Å²) >= 11 is 0. The van der Waals surface area contributed by atoms with Gasteiger partial charge in [-0.25, -0.2) is 0 Å². The molecule has 0 spiro atoms. The van der Waals surface area contributed by atoms with Crippen LogP contribution in [0.15, 0.2) is 24.3 Å². The number of rotatable bonds is 2. The Labute approximate surface area is 119 Å². The minimum Gasteiger partial charge on any atom is -0.370 e. The van der Waals surface area contributed by atoms with Crippen LogP contribution in [0.5, 0.6) is 0 Å². The molecule has 1 aromatic heterocycles. The van der Waals surface area contributed by atoms with Gasteiger partial charge >= 0.3 is 0 Å². The highest BCUT2D eigenvalue weighted by Crippen LogP contribution is 2.22. The van der Waals surface area contributed by atoms with Gasteiger partial charge in [0.2, 0.25) is 0 Å². The third-order valence-corrected chi connectivity index (χ3v) is 3.92. The molecule has 1 N–H and O–H groups in total.